The Kier molecular flexibility index (Phi) is 9.55. The fourth-order valence-electron chi connectivity index (χ4n) is 3.87. The molecule has 0 radical (unpaired) electrons. The molecule has 3 rings (SSSR count). The van der Waals surface area contributed by atoms with Crippen molar-refractivity contribution in [2.45, 2.75) is 18.8 Å². The molecule has 0 aliphatic heterocycles. The Morgan fingerprint density at radius 2 is 1.33 bits per heavy atom. The molecule has 0 N–H and O–H groups in total. The highest BCUT2D eigenvalue weighted by Crippen LogP contribution is 2.49. The van der Waals surface area contributed by atoms with Crippen LogP contribution in [0.3, 0.4) is 0 Å². The van der Waals surface area contributed by atoms with E-state index < -0.39 is 0 Å². The molecule has 1 unspecified atom stereocenters. The molecule has 0 heterocycles. The van der Waals surface area contributed by atoms with Gasteiger partial charge in [-0.2, -0.15) is 0 Å². The van der Waals surface area contributed by atoms with Crippen LogP contribution in [0.1, 0.15) is 35.4 Å². The maximum Gasteiger partial charge on any atom is 0.0116 e. The lowest BCUT2D eigenvalue weighted by molar-refractivity contribution is 0.394. The van der Waals surface area contributed by atoms with Gasteiger partial charge in [-0.15, -0.1) is 24.8 Å². The first-order valence-electron chi connectivity index (χ1n) is 9.25. The van der Waals surface area contributed by atoms with Gasteiger partial charge in [-0.25, -0.2) is 0 Å². The number of nitrogens with zero attached hydrogens (tertiary/aromatic N) is 2. The van der Waals surface area contributed by atoms with Crippen LogP contribution in [0.25, 0.3) is 11.1 Å². The predicted molar refractivity (Wildman–Crippen MR) is 123 cm³/mol. The van der Waals surface area contributed by atoms with Gasteiger partial charge < -0.3 is 9.80 Å². The van der Waals surface area contributed by atoms with Crippen molar-refractivity contribution in [1.82, 2.24) is 9.80 Å². The molecule has 0 bridgehead atoms. The largest absolute Gasteiger partial charge is 0.309 e. The molecular weight excluding hydrogens is 375 g/mol. The minimum absolute atomic E-state index is 0. The van der Waals surface area contributed by atoms with E-state index in [9.17, 15) is 0 Å². The zero-order valence-corrected chi connectivity index (χ0v) is 18.4. The predicted octanol–water partition coefficient (Wildman–Crippen LogP) is 5.44. The quantitative estimate of drug-likeness (QED) is 0.603. The van der Waals surface area contributed by atoms with Gasteiger partial charge >= 0.3 is 0 Å². The number of benzene rings is 2. The Hall–Kier alpha value is -1.32. The topological polar surface area (TPSA) is 6.48 Å². The summed E-state index contributed by atoms with van der Waals surface area (Å²) in [5.41, 5.74) is 7.45. The van der Waals surface area contributed by atoms with Gasteiger partial charge in [0.05, 0.1) is 0 Å². The molecular formula is C23H32Cl2N2. The molecule has 0 aromatic heterocycles. The summed E-state index contributed by atoms with van der Waals surface area (Å²) in [4.78, 5) is 4.58. The molecule has 0 fully saturated rings. The van der Waals surface area contributed by atoms with E-state index in [1.54, 1.807) is 11.1 Å². The summed E-state index contributed by atoms with van der Waals surface area (Å²) in [6, 6.07) is 20.0. The van der Waals surface area contributed by atoms with Crippen LogP contribution in [-0.2, 0) is 0 Å². The molecule has 0 amide bonds. The van der Waals surface area contributed by atoms with E-state index in [2.05, 4.69) is 92.6 Å². The van der Waals surface area contributed by atoms with Crippen LogP contribution < -0.4 is 0 Å². The molecule has 0 saturated carbocycles. The first-order chi connectivity index (χ1) is 12.1. The van der Waals surface area contributed by atoms with E-state index in [1.165, 1.54) is 23.1 Å². The second-order valence-electron chi connectivity index (χ2n) is 7.54. The average Bonchev–Trinajstić information content (AvgIpc) is 2.92. The van der Waals surface area contributed by atoms with Crippen LogP contribution in [0.5, 0.6) is 0 Å². The number of allylic oxidation sites excluding steroid dienone is 1. The van der Waals surface area contributed by atoms with Crippen LogP contribution in [-0.4, -0.2) is 51.1 Å². The lowest BCUT2D eigenvalue weighted by Crippen LogP contribution is -2.16. The normalized spacial score (nSPS) is 15.6. The van der Waals surface area contributed by atoms with Gasteiger partial charge in [0.1, 0.15) is 0 Å². The molecule has 1 aliphatic carbocycles. The van der Waals surface area contributed by atoms with Crippen molar-refractivity contribution in [2.75, 3.05) is 41.3 Å². The molecule has 27 heavy (non-hydrogen) atoms. The summed E-state index contributed by atoms with van der Waals surface area (Å²) in [6.45, 7) is 2.19. The van der Waals surface area contributed by atoms with Gasteiger partial charge in [-0.05, 0) is 75.4 Å². The van der Waals surface area contributed by atoms with Gasteiger partial charge in [0.2, 0.25) is 0 Å². The maximum absolute atomic E-state index is 2.33. The van der Waals surface area contributed by atoms with Crippen LogP contribution in [0.2, 0.25) is 0 Å². The molecule has 1 atom stereocenters. The van der Waals surface area contributed by atoms with Gasteiger partial charge in [0.25, 0.3) is 0 Å². The number of hydrogen-bond donors (Lipinski definition) is 0. The van der Waals surface area contributed by atoms with Crippen LogP contribution >= 0.6 is 24.8 Å². The van der Waals surface area contributed by atoms with E-state index >= 15 is 0 Å². The molecule has 0 saturated heterocycles. The molecule has 0 spiro atoms. The number of fused-ring (bicyclic) bond motifs is 1. The summed E-state index contributed by atoms with van der Waals surface area (Å²) in [5, 5.41) is 0. The first-order valence-corrected chi connectivity index (χ1v) is 9.25. The second-order valence-corrected chi connectivity index (χ2v) is 7.54. The van der Waals surface area contributed by atoms with E-state index in [1.807, 2.05) is 0 Å². The molecule has 2 nitrogen and oxygen atoms in total. The van der Waals surface area contributed by atoms with Crippen molar-refractivity contribution in [3.8, 4) is 0 Å². The SMILES string of the molecule is CN(C)CCC1=C(c2ccccc2)C(CCN(C)C)c2ccccc21.Cl.Cl. The summed E-state index contributed by atoms with van der Waals surface area (Å²) in [7, 11) is 8.65. The Balaban J connectivity index is 0.00000182. The molecule has 2 aromatic carbocycles. The molecule has 4 heteroatoms. The Morgan fingerprint density at radius 3 is 1.96 bits per heavy atom. The minimum atomic E-state index is 0. The molecule has 148 valence electrons. The third-order valence-corrected chi connectivity index (χ3v) is 5.09. The monoisotopic (exact) mass is 406 g/mol. The lowest BCUT2D eigenvalue weighted by atomic mass is 9.87. The van der Waals surface area contributed by atoms with Gasteiger partial charge in [-0.3, -0.25) is 0 Å². The third kappa shape index (κ3) is 5.58. The van der Waals surface area contributed by atoms with Crippen LogP contribution in [0.4, 0.5) is 0 Å². The summed E-state index contributed by atoms with van der Waals surface area (Å²) in [5.74, 6) is 0.498. The Morgan fingerprint density at radius 1 is 0.741 bits per heavy atom. The van der Waals surface area contributed by atoms with Crippen molar-refractivity contribution in [2.24, 2.45) is 0 Å². The smallest absolute Gasteiger partial charge is 0.0116 e. The van der Waals surface area contributed by atoms with Crippen molar-refractivity contribution in [1.29, 1.82) is 0 Å². The van der Waals surface area contributed by atoms with E-state index in [4.69, 9.17) is 0 Å². The maximum atomic E-state index is 2.33. The Bertz CT molecular complexity index is 739. The Labute approximate surface area is 177 Å². The first kappa shape index (κ1) is 23.7. The second kappa shape index (κ2) is 10.9. The number of halogens is 2. The highest BCUT2D eigenvalue weighted by Gasteiger charge is 2.31. The lowest BCUT2D eigenvalue weighted by Gasteiger charge is -2.20. The summed E-state index contributed by atoms with van der Waals surface area (Å²) in [6.07, 6.45) is 2.27. The van der Waals surface area contributed by atoms with Gasteiger partial charge in [-0.1, -0.05) is 54.6 Å². The van der Waals surface area contributed by atoms with Crippen molar-refractivity contribution >= 4 is 36.0 Å². The summed E-state index contributed by atoms with van der Waals surface area (Å²) >= 11 is 0. The van der Waals surface area contributed by atoms with E-state index in [0.29, 0.717) is 5.92 Å². The third-order valence-electron chi connectivity index (χ3n) is 5.09. The van der Waals surface area contributed by atoms with Crippen molar-refractivity contribution in [3.63, 3.8) is 0 Å². The number of hydrogen-bond acceptors (Lipinski definition) is 2. The van der Waals surface area contributed by atoms with E-state index in [-0.39, 0.29) is 24.8 Å². The molecule has 2 aromatic rings. The highest BCUT2D eigenvalue weighted by molar-refractivity contribution is 5.99. The fourth-order valence-corrected chi connectivity index (χ4v) is 3.87. The summed E-state index contributed by atoms with van der Waals surface area (Å²) < 4.78 is 0. The minimum Gasteiger partial charge on any atom is -0.309 e. The van der Waals surface area contributed by atoms with Crippen LogP contribution in [0.15, 0.2) is 54.6 Å². The van der Waals surface area contributed by atoms with Crippen LogP contribution in [0, 0.1) is 0 Å². The van der Waals surface area contributed by atoms with Crippen molar-refractivity contribution in [3.05, 3.63) is 71.3 Å². The van der Waals surface area contributed by atoms with E-state index in [0.717, 1.165) is 19.5 Å². The van der Waals surface area contributed by atoms with Crippen molar-refractivity contribution < 1.29 is 0 Å². The van der Waals surface area contributed by atoms with Gasteiger partial charge in [0, 0.05) is 12.5 Å². The fraction of sp³-hybridized carbons (Fsp3) is 0.391. The number of rotatable bonds is 7. The zero-order chi connectivity index (χ0) is 17.8. The average molecular weight is 407 g/mol. The zero-order valence-electron chi connectivity index (χ0n) is 16.8. The standard InChI is InChI=1S/C23H30N2.2ClH/c1-24(2)16-14-21-19-12-8-9-13-20(19)22(15-17-25(3)4)23(21)18-10-6-5-7-11-18;;/h5-13,21H,14-17H2,1-4H3;2*1H. The molecule has 1 aliphatic rings. The van der Waals surface area contributed by atoms with Gasteiger partial charge in [0.15, 0.2) is 0 Å². The highest BCUT2D eigenvalue weighted by atomic mass is 35.5.